The molecule has 2 fully saturated rings. The molecular formula is C21H27N5O. The molecule has 1 atom stereocenters. The van der Waals surface area contributed by atoms with Crippen LogP contribution in [0.15, 0.2) is 36.5 Å². The van der Waals surface area contributed by atoms with Gasteiger partial charge in [-0.1, -0.05) is 6.92 Å². The quantitative estimate of drug-likeness (QED) is 0.898. The summed E-state index contributed by atoms with van der Waals surface area (Å²) in [5.74, 6) is 1.09. The Bertz CT molecular complexity index is 785. The molecule has 1 aromatic carbocycles. The van der Waals surface area contributed by atoms with Crippen LogP contribution in [0.1, 0.15) is 43.1 Å². The first kappa shape index (κ1) is 17.8. The van der Waals surface area contributed by atoms with Crippen molar-refractivity contribution in [2.24, 2.45) is 5.92 Å². The number of piperidine rings is 1. The van der Waals surface area contributed by atoms with Gasteiger partial charge in [-0.05, 0) is 61.9 Å². The normalized spacial score (nSPS) is 20.0. The maximum Gasteiger partial charge on any atom is 0.274 e. The molecule has 1 aromatic heterocycles. The molecule has 142 valence electrons. The van der Waals surface area contributed by atoms with Crippen LogP contribution in [0.3, 0.4) is 0 Å². The molecular weight excluding hydrogens is 338 g/mol. The van der Waals surface area contributed by atoms with Gasteiger partial charge in [0.15, 0.2) is 0 Å². The number of nitrogens with one attached hydrogen (secondary N) is 1. The summed E-state index contributed by atoms with van der Waals surface area (Å²) in [4.78, 5) is 26.1. The van der Waals surface area contributed by atoms with Gasteiger partial charge in [0.25, 0.3) is 5.91 Å². The van der Waals surface area contributed by atoms with Crippen LogP contribution >= 0.6 is 0 Å². The maximum absolute atomic E-state index is 12.6. The van der Waals surface area contributed by atoms with E-state index in [0.717, 1.165) is 38.3 Å². The van der Waals surface area contributed by atoms with Crippen molar-refractivity contribution in [2.45, 2.75) is 32.6 Å². The molecule has 2 aliphatic rings. The lowest BCUT2D eigenvalue weighted by Gasteiger charge is -2.30. The van der Waals surface area contributed by atoms with Crippen molar-refractivity contribution < 1.29 is 4.79 Å². The molecule has 2 aliphatic heterocycles. The molecule has 3 heterocycles. The van der Waals surface area contributed by atoms with E-state index in [9.17, 15) is 4.79 Å². The number of aromatic nitrogens is 2. The van der Waals surface area contributed by atoms with Gasteiger partial charge in [0.2, 0.25) is 5.95 Å². The van der Waals surface area contributed by atoms with Crippen LogP contribution in [0, 0.1) is 5.92 Å². The monoisotopic (exact) mass is 365 g/mol. The van der Waals surface area contributed by atoms with Crippen LogP contribution < -0.4 is 15.1 Å². The molecule has 4 rings (SSSR count). The van der Waals surface area contributed by atoms with E-state index in [1.807, 2.05) is 12.1 Å². The minimum atomic E-state index is -0.197. The average Bonchev–Trinajstić information content (AvgIpc) is 3.23. The van der Waals surface area contributed by atoms with Gasteiger partial charge in [-0.25, -0.2) is 9.97 Å². The number of rotatable bonds is 4. The molecule has 27 heavy (non-hydrogen) atoms. The second-order valence-electron chi connectivity index (χ2n) is 7.63. The number of benzene rings is 1. The van der Waals surface area contributed by atoms with Crippen LogP contribution in [0.2, 0.25) is 0 Å². The summed E-state index contributed by atoms with van der Waals surface area (Å²) in [6, 6.07) is 9.73. The number of anilines is 3. The predicted octanol–water partition coefficient (Wildman–Crippen LogP) is 3.57. The third-order valence-electron chi connectivity index (χ3n) is 5.41. The molecule has 2 aromatic rings. The van der Waals surface area contributed by atoms with Crippen LogP contribution in [0.4, 0.5) is 17.3 Å². The van der Waals surface area contributed by atoms with E-state index in [2.05, 4.69) is 44.1 Å². The number of carbonyl (C=O) groups is 1. The molecule has 0 spiro atoms. The number of carbonyl (C=O) groups excluding carboxylic acids is 1. The minimum absolute atomic E-state index is 0.197. The Morgan fingerprint density at radius 3 is 2.52 bits per heavy atom. The average molecular weight is 365 g/mol. The van der Waals surface area contributed by atoms with Gasteiger partial charge in [-0.2, -0.15) is 0 Å². The minimum Gasteiger partial charge on any atom is -0.372 e. The van der Waals surface area contributed by atoms with E-state index in [-0.39, 0.29) is 5.91 Å². The zero-order chi connectivity index (χ0) is 18.6. The summed E-state index contributed by atoms with van der Waals surface area (Å²) in [5.41, 5.74) is 2.41. The summed E-state index contributed by atoms with van der Waals surface area (Å²) in [5, 5.41) is 2.95. The van der Waals surface area contributed by atoms with E-state index in [0.29, 0.717) is 17.6 Å². The van der Waals surface area contributed by atoms with E-state index >= 15 is 0 Å². The van der Waals surface area contributed by atoms with Crippen molar-refractivity contribution in [3.8, 4) is 0 Å². The zero-order valence-electron chi connectivity index (χ0n) is 15.9. The third kappa shape index (κ3) is 4.21. The van der Waals surface area contributed by atoms with Crippen LogP contribution in [-0.2, 0) is 0 Å². The van der Waals surface area contributed by atoms with Gasteiger partial charge >= 0.3 is 0 Å². The largest absolute Gasteiger partial charge is 0.372 e. The first-order valence-corrected chi connectivity index (χ1v) is 9.93. The topological polar surface area (TPSA) is 61.4 Å². The van der Waals surface area contributed by atoms with Crippen molar-refractivity contribution in [3.05, 3.63) is 42.2 Å². The van der Waals surface area contributed by atoms with Crippen LogP contribution in [0.5, 0.6) is 0 Å². The van der Waals surface area contributed by atoms with Crippen molar-refractivity contribution >= 4 is 23.2 Å². The molecule has 0 bridgehead atoms. The van der Waals surface area contributed by atoms with Crippen LogP contribution in [-0.4, -0.2) is 42.1 Å². The van der Waals surface area contributed by atoms with Crippen molar-refractivity contribution in [1.82, 2.24) is 9.97 Å². The Kier molecular flexibility index (Phi) is 5.23. The van der Waals surface area contributed by atoms with Gasteiger partial charge < -0.3 is 15.1 Å². The van der Waals surface area contributed by atoms with Crippen LogP contribution in [0.25, 0.3) is 0 Å². The Morgan fingerprint density at radius 2 is 1.78 bits per heavy atom. The van der Waals surface area contributed by atoms with Crippen molar-refractivity contribution in [3.63, 3.8) is 0 Å². The molecule has 1 N–H and O–H groups in total. The Hall–Kier alpha value is -2.63. The highest BCUT2D eigenvalue weighted by Crippen LogP contribution is 2.23. The highest BCUT2D eigenvalue weighted by atomic mass is 16.1. The summed E-state index contributed by atoms with van der Waals surface area (Å²) in [6.07, 6.45) is 6.57. The van der Waals surface area contributed by atoms with Gasteiger partial charge in [0.05, 0.1) is 0 Å². The fourth-order valence-corrected chi connectivity index (χ4v) is 3.92. The molecule has 6 nitrogen and oxygen atoms in total. The summed E-state index contributed by atoms with van der Waals surface area (Å²) in [7, 11) is 0. The molecule has 1 unspecified atom stereocenters. The Balaban J connectivity index is 1.42. The van der Waals surface area contributed by atoms with Gasteiger partial charge in [-0.3, -0.25) is 4.79 Å². The Labute approximate surface area is 160 Å². The first-order chi connectivity index (χ1) is 13.2. The lowest BCUT2D eigenvalue weighted by molar-refractivity contribution is 0.102. The smallest absolute Gasteiger partial charge is 0.274 e. The van der Waals surface area contributed by atoms with E-state index in [1.165, 1.54) is 24.9 Å². The van der Waals surface area contributed by atoms with Crippen molar-refractivity contribution in [2.75, 3.05) is 41.3 Å². The predicted molar refractivity (Wildman–Crippen MR) is 108 cm³/mol. The van der Waals surface area contributed by atoms with Gasteiger partial charge in [0.1, 0.15) is 5.69 Å². The second kappa shape index (κ2) is 7.94. The molecule has 2 saturated heterocycles. The molecule has 1 amide bonds. The summed E-state index contributed by atoms with van der Waals surface area (Å²) < 4.78 is 0. The van der Waals surface area contributed by atoms with Crippen molar-refractivity contribution in [1.29, 1.82) is 0 Å². The molecule has 0 radical (unpaired) electrons. The highest BCUT2D eigenvalue weighted by molar-refractivity contribution is 6.03. The highest BCUT2D eigenvalue weighted by Gasteiger charge is 2.20. The lowest BCUT2D eigenvalue weighted by Crippen LogP contribution is -2.35. The molecule has 0 aliphatic carbocycles. The SMILES string of the molecule is CC1CCCN(c2nccc(C(=O)Nc3ccc(N4CCCC4)cc3)n2)C1. The number of hydrogen-bond donors (Lipinski definition) is 1. The maximum atomic E-state index is 12.6. The van der Waals surface area contributed by atoms with E-state index < -0.39 is 0 Å². The number of amides is 1. The second-order valence-corrected chi connectivity index (χ2v) is 7.63. The fourth-order valence-electron chi connectivity index (χ4n) is 3.92. The Morgan fingerprint density at radius 1 is 1.04 bits per heavy atom. The fraction of sp³-hybridized carbons (Fsp3) is 0.476. The van der Waals surface area contributed by atoms with E-state index in [4.69, 9.17) is 0 Å². The van der Waals surface area contributed by atoms with Gasteiger partial charge in [-0.15, -0.1) is 0 Å². The standard InChI is InChI=1S/C21H27N5O/c1-16-5-4-14-26(15-16)21-22-11-10-19(24-21)20(27)23-17-6-8-18(9-7-17)25-12-2-3-13-25/h6-11,16H,2-5,12-15H2,1H3,(H,23,27). The molecule has 0 saturated carbocycles. The first-order valence-electron chi connectivity index (χ1n) is 9.93. The number of hydrogen-bond acceptors (Lipinski definition) is 5. The summed E-state index contributed by atoms with van der Waals surface area (Å²) >= 11 is 0. The van der Waals surface area contributed by atoms with E-state index in [1.54, 1.807) is 12.3 Å². The third-order valence-corrected chi connectivity index (χ3v) is 5.41. The zero-order valence-corrected chi connectivity index (χ0v) is 15.9. The summed E-state index contributed by atoms with van der Waals surface area (Å²) in [6.45, 7) is 6.38. The lowest BCUT2D eigenvalue weighted by atomic mass is 10.0. The molecule has 6 heteroatoms. The van der Waals surface area contributed by atoms with Gasteiger partial charge in [0, 0.05) is 43.8 Å². The number of nitrogens with zero attached hydrogens (tertiary/aromatic N) is 4.